The van der Waals surface area contributed by atoms with Gasteiger partial charge in [-0.2, -0.15) is 0 Å². The van der Waals surface area contributed by atoms with Gasteiger partial charge in [0.2, 0.25) is 11.8 Å². The molecule has 1 aliphatic rings. The van der Waals surface area contributed by atoms with Gasteiger partial charge in [-0.15, -0.1) is 0 Å². The molecule has 0 radical (unpaired) electrons. The summed E-state index contributed by atoms with van der Waals surface area (Å²) in [6, 6.07) is 10.3. The van der Waals surface area contributed by atoms with Crippen molar-refractivity contribution in [2.24, 2.45) is 5.92 Å². The Morgan fingerprint density at radius 2 is 1.88 bits per heavy atom. The summed E-state index contributed by atoms with van der Waals surface area (Å²) in [5.74, 6) is -1.39. The largest absolute Gasteiger partial charge is 0.326 e. The highest BCUT2D eigenvalue weighted by molar-refractivity contribution is 6.36. The highest BCUT2D eigenvalue weighted by Crippen LogP contribution is 2.33. The van der Waals surface area contributed by atoms with E-state index in [0.29, 0.717) is 21.4 Å². The molecule has 3 rings (SSSR count). The maximum Gasteiger partial charge on any atom is 0.229 e. The molecule has 0 bridgehead atoms. The monoisotopic (exact) mass is 366 g/mol. The van der Waals surface area contributed by atoms with Crippen LogP contribution < -0.4 is 10.2 Å². The Morgan fingerprint density at radius 3 is 2.58 bits per heavy atom. The Bertz CT molecular complexity index is 796. The van der Waals surface area contributed by atoms with Crippen molar-refractivity contribution in [1.29, 1.82) is 0 Å². The molecule has 1 heterocycles. The average Bonchev–Trinajstić information content (AvgIpc) is 2.94. The zero-order chi connectivity index (χ0) is 17.3. The van der Waals surface area contributed by atoms with Crippen LogP contribution in [0.15, 0.2) is 42.5 Å². The summed E-state index contributed by atoms with van der Waals surface area (Å²) in [5, 5.41) is 3.54. The normalized spacial score (nSPS) is 17.2. The summed E-state index contributed by atoms with van der Waals surface area (Å²) in [6.45, 7) is 0.214. The fourth-order valence-electron chi connectivity index (χ4n) is 2.59. The summed E-state index contributed by atoms with van der Waals surface area (Å²) < 4.78 is 12.9. The van der Waals surface area contributed by atoms with Crippen LogP contribution in [0, 0.1) is 11.7 Å². The molecule has 2 aromatic rings. The fourth-order valence-corrected chi connectivity index (χ4v) is 2.97. The molecule has 0 spiro atoms. The number of rotatable bonds is 3. The number of amides is 2. The Balaban J connectivity index is 1.73. The van der Waals surface area contributed by atoms with Gasteiger partial charge in [-0.05, 0) is 42.5 Å². The number of carbonyl (C=O) groups excluding carboxylic acids is 2. The topological polar surface area (TPSA) is 49.4 Å². The third kappa shape index (κ3) is 3.52. The van der Waals surface area contributed by atoms with Gasteiger partial charge in [0.1, 0.15) is 5.82 Å². The number of nitrogens with zero attached hydrogens (tertiary/aromatic N) is 1. The third-order valence-electron chi connectivity index (χ3n) is 3.81. The van der Waals surface area contributed by atoms with Crippen LogP contribution in [0.3, 0.4) is 0 Å². The van der Waals surface area contributed by atoms with E-state index in [4.69, 9.17) is 23.2 Å². The van der Waals surface area contributed by atoms with Crippen LogP contribution >= 0.6 is 23.2 Å². The van der Waals surface area contributed by atoms with E-state index < -0.39 is 5.92 Å². The van der Waals surface area contributed by atoms with E-state index in [1.54, 1.807) is 18.2 Å². The van der Waals surface area contributed by atoms with E-state index in [-0.39, 0.29) is 30.6 Å². The minimum absolute atomic E-state index is 0.0792. The summed E-state index contributed by atoms with van der Waals surface area (Å²) in [4.78, 5) is 26.0. The molecule has 124 valence electrons. The molecule has 4 nitrogen and oxygen atoms in total. The van der Waals surface area contributed by atoms with Crippen molar-refractivity contribution in [1.82, 2.24) is 0 Å². The Kier molecular flexibility index (Phi) is 4.73. The van der Waals surface area contributed by atoms with Crippen LogP contribution in [0.4, 0.5) is 15.8 Å². The van der Waals surface area contributed by atoms with Crippen molar-refractivity contribution in [2.45, 2.75) is 6.42 Å². The summed E-state index contributed by atoms with van der Waals surface area (Å²) >= 11 is 12.1. The highest BCUT2D eigenvalue weighted by atomic mass is 35.5. The molecule has 2 amide bonds. The number of anilines is 2. The Morgan fingerprint density at radius 1 is 1.17 bits per heavy atom. The molecule has 1 atom stereocenters. The second-order valence-corrected chi connectivity index (χ2v) is 6.34. The zero-order valence-corrected chi connectivity index (χ0v) is 13.9. The second-order valence-electron chi connectivity index (χ2n) is 5.50. The quantitative estimate of drug-likeness (QED) is 0.887. The van der Waals surface area contributed by atoms with Gasteiger partial charge in [0.25, 0.3) is 0 Å². The van der Waals surface area contributed by atoms with Crippen molar-refractivity contribution in [3.63, 3.8) is 0 Å². The lowest BCUT2D eigenvalue weighted by molar-refractivity contribution is -0.122. The van der Waals surface area contributed by atoms with Crippen molar-refractivity contribution in [3.8, 4) is 0 Å². The lowest BCUT2D eigenvalue weighted by Gasteiger charge is -2.18. The van der Waals surface area contributed by atoms with Gasteiger partial charge in [0.05, 0.1) is 16.6 Å². The smallest absolute Gasteiger partial charge is 0.229 e. The predicted molar refractivity (Wildman–Crippen MR) is 92.0 cm³/mol. The molecule has 7 heteroatoms. The third-order valence-corrected chi connectivity index (χ3v) is 4.36. The Hall–Kier alpha value is -2.11. The number of benzene rings is 2. The average molecular weight is 367 g/mol. The highest BCUT2D eigenvalue weighted by Gasteiger charge is 2.36. The van der Waals surface area contributed by atoms with Gasteiger partial charge in [-0.3, -0.25) is 9.59 Å². The van der Waals surface area contributed by atoms with E-state index in [1.165, 1.54) is 29.2 Å². The van der Waals surface area contributed by atoms with Crippen molar-refractivity contribution < 1.29 is 14.0 Å². The van der Waals surface area contributed by atoms with Gasteiger partial charge < -0.3 is 10.2 Å². The molecule has 1 N–H and O–H groups in total. The maximum atomic E-state index is 12.9. The zero-order valence-electron chi connectivity index (χ0n) is 12.4. The lowest BCUT2D eigenvalue weighted by atomic mass is 10.1. The van der Waals surface area contributed by atoms with E-state index >= 15 is 0 Å². The predicted octanol–water partition coefficient (Wildman–Crippen LogP) is 4.12. The van der Waals surface area contributed by atoms with E-state index in [2.05, 4.69) is 5.32 Å². The molecule has 0 aromatic heterocycles. The first kappa shape index (κ1) is 16.7. The van der Waals surface area contributed by atoms with Crippen LogP contribution in [-0.2, 0) is 9.59 Å². The molecule has 2 aromatic carbocycles. The van der Waals surface area contributed by atoms with Gasteiger partial charge >= 0.3 is 0 Å². The summed E-state index contributed by atoms with van der Waals surface area (Å²) in [7, 11) is 0. The number of halogens is 3. The van der Waals surface area contributed by atoms with Crippen LogP contribution in [0.5, 0.6) is 0 Å². The van der Waals surface area contributed by atoms with E-state index in [9.17, 15) is 14.0 Å². The number of hydrogen-bond donors (Lipinski definition) is 1. The lowest BCUT2D eigenvalue weighted by Crippen LogP contribution is -2.28. The molecular formula is C17H13Cl2FN2O2. The number of hydrogen-bond acceptors (Lipinski definition) is 2. The van der Waals surface area contributed by atoms with Crippen molar-refractivity contribution in [3.05, 3.63) is 58.3 Å². The second kappa shape index (κ2) is 6.79. The summed E-state index contributed by atoms with van der Waals surface area (Å²) in [5.41, 5.74) is 0.972. The SMILES string of the molecule is O=C(Nc1ccc(F)cc1)[C@@H]1CC(=O)N(c2cc(Cl)ccc2Cl)C1. The van der Waals surface area contributed by atoms with Gasteiger partial charge in [0.15, 0.2) is 0 Å². The number of carbonyl (C=O) groups is 2. The fraction of sp³-hybridized carbons (Fsp3) is 0.176. The molecule has 0 saturated carbocycles. The van der Waals surface area contributed by atoms with Crippen LogP contribution in [0.2, 0.25) is 10.0 Å². The van der Waals surface area contributed by atoms with Gasteiger partial charge in [0, 0.05) is 23.7 Å². The minimum Gasteiger partial charge on any atom is -0.326 e. The first-order valence-corrected chi connectivity index (χ1v) is 8.01. The molecule has 1 aliphatic heterocycles. The first-order chi connectivity index (χ1) is 11.4. The van der Waals surface area contributed by atoms with E-state index in [0.717, 1.165) is 0 Å². The van der Waals surface area contributed by atoms with Crippen LogP contribution in [-0.4, -0.2) is 18.4 Å². The van der Waals surface area contributed by atoms with E-state index in [1.807, 2.05) is 0 Å². The molecular weight excluding hydrogens is 354 g/mol. The minimum atomic E-state index is -0.516. The Labute approximate surface area is 148 Å². The maximum absolute atomic E-state index is 12.9. The van der Waals surface area contributed by atoms with Gasteiger partial charge in [-0.25, -0.2) is 4.39 Å². The van der Waals surface area contributed by atoms with Gasteiger partial charge in [-0.1, -0.05) is 23.2 Å². The van der Waals surface area contributed by atoms with Crippen molar-refractivity contribution >= 4 is 46.4 Å². The molecule has 0 aliphatic carbocycles. The van der Waals surface area contributed by atoms with Crippen LogP contribution in [0.1, 0.15) is 6.42 Å². The standard InChI is InChI=1S/C17H13Cl2FN2O2/c18-11-1-6-14(19)15(8-11)22-9-10(7-16(22)23)17(24)21-13-4-2-12(20)3-5-13/h1-6,8,10H,7,9H2,(H,21,24)/t10-/m1/s1. The molecule has 24 heavy (non-hydrogen) atoms. The van der Waals surface area contributed by atoms with Crippen LogP contribution in [0.25, 0.3) is 0 Å². The first-order valence-electron chi connectivity index (χ1n) is 7.26. The molecule has 1 saturated heterocycles. The molecule has 1 fully saturated rings. The summed E-state index contributed by atoms with van der Waals surface area (Å²) in [6.07, 6.45) is 0.0792. The van der Waals surface area contributed by atoms with Crippen molar-refractivity contribution in [2.75, 3.05) is 16.8 Å². The number of nitrogens with one attached hydrogen (secondary N) is 1. The molecule has 0 unspecified atom stereocenters.